The SMILES string of the molecule is CNC[C@H](O)[C@@H](O)[C@H](O)[C@H](O)CO.[Ca+2].[H-].[H-].[H-].[Na+]. The second kappa shape index (κ2) is 12.5. The topological polar surface area (TPSA) is 113 Å². The molecule has 0 aromatic rings. The van der Waals surface area contributed by atoms with Crippen LogP contribution in [-0.4, -0.2) is 108 Å². The molecular weight excluding hydrogens is 241 g/mol. The molecule has 0 fully saturated rings. The Balaban J connectivity index is -0.0000000720. The summed E-state index contributed by atoms with van der Waals surface area (Å²) in [5.74, 6) is 0. The van der Waals surface area contributed by atoms with Gasteiger partial charge in [-0.05, 0) is 7.05 Å². The molecule has 6 nitrogen and oxygen atoms in total. The summed E-state index contributed by atoms with van der Waals surface area (Å²) in [7, 11) is 1.57. The van der Waals surface area contributed by atoms with E-state index >= 15 is 0 Å². The van der Waals surface area contributed by atoms with Crippen molar-refractivity contribution in [3.05, 3.63) is 0 Å². The average Bonchev–Trinajstić information content (AvgIpc) is 2.14. The molecule has 0 aliphatic carbocycles. The first kappa shape index (κ1) is 22.2. The molecule has 0 heterocycles. The Morgan fingerprint density at radius 1 is 1.07 bits per heavy atom. The molecular formula is C7H20CaNNaO5. The molecule has 0 aromatic carbocycles. The summed E-state index contributed by atoms with van der Waals surface area (Å²) >= 11 is 0. The van der Waals surface area contributed by atoms with Gasteiger partial charge < -0.3 is 35.1 Å². The van der Waals surface area contributed by atoms with Crippen LogP contribution in [0.1, 0.15) is 4.28 Å². The van der Waals surface area contributed by atoms with Crippen molar-refractivity contribution in [1.82, 2.24) is 5.32 Å². The number of rotatable bonds is 6. The first-order chi connectivity index (χ1) is 6.04. The Morgan fingerprint density at radius 2 is 1.47 bits per heavy atom. The maximum absolute atomic E-state index is 9.21. The van der Waals surface area contributed by atoms with Crippen molar-refractivity contribution < 1.29 is 59.4 Å². The molecule has 0 saturated heterocycles. The van der Waals surface area contributed by atoms with Crippen LogP contribution in [0.25, 0.3) is 0 Å². The fraction of sp³-hybridized carbons (Fsp3) is 1.00. The van der Waals surface area contributed by atoms with Gasteiger partial charge in [-0.2, -0.15) is 0 Å². The predicted molar refractivity (Wildman–Crippen MR) is 54.1 cm³/mol. The molecule has 0 aliphatic heterocycles. The third-order valence-electron chi connectivity index (χ3n) is 1.74. The van der Waals surface area contributed by atoms with E-state index in [1.807, 2.05) is 0 Å². The van der Waals surface area contributed by atoms with Crippen molar-refractivity contribution in [2.24, 2.45) is 0 Å². The number of hydrogen-bond donors (Lipinski definition) is 6. The minimum atomic E-state index is -1.55. The van der Waals surface area contributed by atoms with Crippen LogP contribution in [0.5, 0.6) is 0 Å². The van der Waals surface area contributed by atoms with Crippen molar-refractivity contribution in [2.75, 3.05) is 20.2 Å². The molecule has 0 spiro atoms. The normalized spacial score (nSPS) is 18.0. The minimum absolute atomic E-state index is 0. The van der Waals surface area contributed by atoms with E-state index in [9.17, 15) is 5.11 Å². The van der Waals surface area contributed by atoms with Gasteiger partial charge in [0.15, 0.2) is 0 Å². The van der Waals surface area contributed by atoms with Crippen LogP contribution in [0.4, 0.5) is 0 Å². The molecule has 6 N–H and O–H groups in total. The van der Waals surface area contributed by atoms with Crippen LogP contribution < -0.4 is 34.9 Å². The Kier molecular flexibility index (Phi) is 18.5. The van der Waals surface area contributed by atoms with Gasteiger partial charge in [-0.25, -0.2) is 0 Å². The summed E-state index contributed by atoms with van der Waals surface area (Å²) in [5.41, 5.74) is 0. The standard InChI is InChI=1S/C7H17NO5.Ca.Na.3H/c1-8-2-4(10)6(12)7(13)5(11)3-9;;;;;/h4-13H,2-3H2,1H3;;;;;/q;+2;+1;3*-1/t4-,5+,6+,7+;;;;;/m0...../s1. The molecule has 15 heavy (non-hydrogen) atoms. The maximum atomic E-state index is 9.21. The summed E-state index contributed by atoms with van der Waals surface area (Å²) in [6.45, 7) is -0.569. The van der Waals surface area contributed by atoms with Gasteiger partial charge in [-0.3, -0.25) is 0 Å². The second-order valence-electron chi connectivity index (χ2n) is 2.86. The van der Waals surface area contributed by atoms with Crippen molar-refractivity contribution >= 4 is 37.7 Å². The summed E-state index contributed by atoms with van der Waals surface area (Å²) in [6, 6.07) is 0. The fourth-order valence-electron chi connectivity index (χ4n) is 0.893. The van der Waals surface area contributed by atoms with E-state index in [4.69, 9.17) is 20.4 Å². The van der Waals surface area contributed by atoms with Crippen LogP contribution in [-0.2, 0) is 0 Å². The molecule has 8 heteroatoms. The van der Waals surface area contributed by atoms with Gasteiger partial charge in [0.1, 0.15) is 18.3 Å². The zero-order valence-electron chi connectivity index (χ0n) is 12.2. The van der Waals surface area contributed by atoms with Crippen LogP contribution in [0.3, 0.4) is 0 Å². The molecule has 0 saturated carbocycles. The van der Waals surface area contributed by atoms with E-state index < -0.39 is 31.0 Å². The molecule has 0 aliphatic rings. The van der Waals surface area contributed by atoms with E-state index in [0.29, 0.717) is 0 Å². The smallest absolute Gasteiger partial charge is 1.00 e. The molecule has 0 radical (unpaired) electrons. The Morgan fingerprint density at radius 3 is 1.80 bits per heavy atom. The second-order valence-corrected chi connectivity index (χ2v) is 2.86. The zero-order valence-corrected chi connectivity index (χ0v) is 13.4. The van der Waals surface area contributed by atoms with Gasteiger partial charge in [0.25, 0.3) is 0 Å². The summed E-state index contributed by atoms with van der Waals surface area (Å²) in [5, 5.41) is 47.5. The fourth-order valence-corrected chi connectivity index (χ4v) is 0.893. The number of aliphatic hydroxyl groups is 5. The molecule has 0 aromatic heterocycles. The Labute approximate surface area is 145 Å². The quantitative estimate of drug-likeness (QED) is 0.265. The van der Waals surface area contributed by atoms with E-state index in [0.717, 1.165) is 0 Å². The van der Waals surface area contributed by atoms with Gasteiger partial charge in [-0.1, -0.05) is 0 Å². The summed E-state index contributed by atoms with van der Waals surface area (Å²) in [4.78, 5) is 0. The van der Waals surface area contributed by atoms with Crippen molar-refractivity contribution in [1.29, 1.82) is 0 Å². The van der Waals surface area contributed by atoms with Crippen LogP contribution in [0.15, 0.2) is 0 Å². The third-order valence-corrected chi connectivity index (χ3v) is 1.74. The van der Waals surface area contributed by atoms with Gasteiger partial charge in [-0.15, -0.1) is 0 Å². The molecule has 4 atom stereocenters. The minimum Gasteiger partial charge on any atom is -1.00 e. The van der Waals surface area contributed by atoms with Gasteiger partial charge in [0, 0.05) is 6.54 Å². The van der Waals surface area contributed by atoms with E-state index in [-0.39, 0.29) is 78.1 Å². The molecule has 0 unspecified atom stereocenters. The Bertz CT molecular complexity index is 156. The molecule has 86 valence electrons. The average molecular weight is 261 g/mol. The zero-order chi connectivity index (χ0) is 10.4. The van der Waals surface area contributed by atoms with Crippen molar-refractivity contribution in [3.63, 3.8) is 0 Å². The largest absolute Gasteiger partial charge is 2.00 e. The number of likely N-dealkylation sites (N-methyl/N-ethyl adjacent to an activating group) is 1. The van der Waals surface area contributed by atoms with E-state index in [2.05, 4.69) is 5.32 Å². The van der Waals surface area contributed by atoms with Gasteiger partial charge >= 0.3 is 67.3 Å². The number of nitrogens with one attached hydrogen (secondary N) is 1. The van der Waals surface area contributed by atoms with Crippen LogP contribution in [0.2, 0.25) is 0 Å². The number of hydrogen-bond acceptors (Lipinski definition) is 6. The molecule has 0 amide bonds. The first-order valence-corrected chi connectivity index (χ1v) is 4.02. The van der Waals surface area contributed by atoms with Gasteiger partial charge in [0.2, 0.25) is 0 Å². The summed E-state index contributed by atoms with van der Waals surface area (Å²) < 4.78 is 0. The van der Waals surface area contributed by atoms with Crippen molar-refractivity contribution in [3.8, 4) is 0 Å². The molecule has 0 bridgehead atoms. The van der Waals surface area contributed by atoms with E-state index in [1.54, 1.807) is 7.05 Å². The predicted octanol–water partition coefficient (Wildman–Crippen LogP) is -6.40. The monoisotopic (exact) mass is 261 g/mol. The van der Waals surface area contributed by atoms with Crippen LogP contribution in [0, 0.1) is 0 Å². The van der Waals surface area contributed by atoms with E-state index in [1.165, 1.54) is 0 Å². The molecule has 0 rings (SSSR count). The first-order valence-electron chi connectivity index (χ1n) is 4.02. The number of aliphatic hydroxyl groups excluding tert-OH is 5. The Hall–Kier alpha value is 2.02. The third kappa shape index (κ3) is 8.70. The van der Waals surface area contributed by atoms with Gasteiger partial charge in [0.05, 0.1) is 12.7 Å². The maximum Gasteiger partial charge on any atom is 2.00 e. The van der Waals surface area contributed by atoms with Crippen LogP contribution >= 0.6 is 0 Å². The van der Waals surface area contributed by atoms with Crippen molar-refractivity contribution in [2.45, 2.75) is 24.4 Å². The summed E-state index contributed by atoms with van der Waals surface area (Å²) in [6.07, 6.45) is -5.65.